The quantitative estimate of drug-likeness (QED) is 0.850. The highest BCUT2D eigenvalue weighted by molar-refractivity contribution is 5.77. The number of nitrogens with one attached hydrogen (secondary N) is 1. The second-order valence-electron chi connectivity index (χ2n) is 6.23. The second-order valence-corrected chi connectivity index (χ2v) is 6.23. The Morgan fingerprint density at radius 3 is 2.42 bits per heavy atom. The molecule has 2 rings (SSSR count). The molecule has 1 atom stereocenters. The van der Waals surface area contributed by atoms with E-state index in [1.54, 1.807) is 0 Å². The van der Waals surface area contributed by atoms with Crippen molar-refractivity contribution >= 4 is 5.91 Å². The van der Waals surface area contributed by atoms with E-state index in [4.69, 9.17) is 4.74 Å². The first-order chi connectivity index (χ1) is 11.5. The van der Waals surface area contributed by atoms with E-state index >= 15 is 0 Å². The fraction of sp³-hybridized carbons (Fsp3) is 0.350. The average Bonchev–Trinajstić information content (AvgIpc) is 2.57. The van der Waals surface area contributed by atoms with Gasteiger partial charge in [-0.1, -0.05) is 36.4 Å². The summed E-state index contributed by atoms with van der Waals surface area (Å²) in [6.07, 6.45) is 0. The maximum absolute atomic E-state index is 12.1. The lowest BCUT2D eigenvalue weighted by molar-refractivity contribution is -0.123. The van der Waals surface area contributed by atoms with Crippen molar-refractivity contribution in [2.75, 3.05) is 27.2 Å². The van der Waals surface area contributed by atoms with Crippen LogP contribution in [0, 0.1) is 13.8 Å². The molecule has 0 aliphatic heterocycles. The molecule has 2 aromatic carbocycles. The number of carbonyl (C=O) groups excluding carboxylic acids is 1. The van der Waals surface area contributed by atoms with E-state index in [1.807, 2.05) is 57.4 Å². The summed E-state index contributed by atoms with van der Waals surface area (Å²) in [4.78, 5) is 14.2. The number of ether oxygens (including phenoxy) is 1. The summed E-state index contributed by atoms with van der Waals surface area (Å²) in [5.41, 5.74) is 3.55. The zero-order valence-corrected chi connectivity index (χ0v) is 14.9. The standard InChI is InChI=1S/C20H26N2O2/c1-15-10-11-18(12-16(15)2)24-14-20(23)21-13-19(22(3)4)17-8-6-5-7-9-17/h5-12,19H,13-14H2,1-4H3,(H,21,23). The van der Waals surface area contributed by atoms with Crippen molar-refractivity contribution < 1.29 is 9.53 Å². The molecule has 0 aromatic heterocycles. The molecule has 4 heteroatoms. The topological polar surface area (TPSA) is 41.6 Å². The Labute approximate surface area is 144 Å². The first-order valence-electron chi connectivity index (χ1n) is 8.15. The predicted octanol–water partition coefficient (Wildman–Crippen LogP) is 3.10. The van der Waals surface area contributed by atoms with Gasteiger partial charge in [-0.3, -0.25) is 4.79 Å². The fourth-order valence-electron chi connectivity index (χ4n) is 2.49. The largest absolute Gasteiger partial charge is 0.484 e. The molecular formula is C20H26N2O2. The summed E-state index contributed by atoms with van der Waals surface area (Å²) >= 11 is 0. The molecule has 1 amide bonds. The smallest absolute Gasteiger partial charge is 0.258 e. The Kier molecular flexibility index (Phi) is 6.38. The van der Waals surface area contributed by atoms with E-state index in [0.29, 0.717) is 6.54 Å². The van der Waals surface area contributed by atoms with Crippen LogP contribution in [0.5, 0.6) is 5.75 Å². The minimum absolute atomic E-state index is 0.0252. The molecule has 128 valence electrons. The van der Waals surface area contributed by atoms with Crippen LogP contribution in [-0.4, -0.2) is 38.1 Å². The summed E-state index contributed by atoms with van der Waals surface area (Å²) in [6, 6.07) is 16.1. The van der Waals surface area contributed by atoms with Crippen LogP contribution in [0.15, 0.2) is 48.5 Å². The van der Waals surface area contributed by atoms with E-state index in [9.17, 15) is 4.79 Å². The third-order valence-electron chi connectivity index (χ3n) is 4.15. The molecule has 0 heterocycles. The number of benzene rings is 2. The van der Waals surface area contributed by atoms with Crippen LogP contribution in [0.25, 0.3) is 0 Å². The van der Waals surface area contributed by atoms with Gasteiger partial charge in [-0.15, -0.1) is 0 Å². The molecule has 1 unspecified atom stereocenters. The summed E-state index contributed by atoms with van der Waals surface area (Å²) in [5, 5.41) is 2.95. The highest BCUT2D eigenvalue weighted by atomic mass is 16.5. The molecule has 0 bridgehead atoms. The highest BCUT2D eigenvalue weighted by Gasteiger charge is 2.15. The summed E-state index contributed by atoms with van der Waals surface area (Å²) in [5.74, 6) is 0.608. The lowest BCUT2D eigenvalue weighted by Crippen LogP contribution is -2.36. The molecule has 0 aliphatic carbocycles. The zero-order valence-electron chi connectivity index (χ0n) is 14.9. The van der Waals surface area contributed by atoms with Gasteiger partial charge in [-0.25, -0.2) is 0 Å². The van der Waals surface area contributed by atoms with Gasteiger partial charge >= 0.3 is 0 Å². The Hall–Kier alpha value is -2.33. The first kappa shape index (κ1) is 18.0. The molecular weight excluding hydrogens is 300 g/mol. The third kappa shape index (κ3) is 5.10. The molecule has 0 fully saturated rings. The lowest BCUT2D eigenvalue weighted by atomic mass is 10.1. The summed E-state index contributed by atoms with van der Waals surface area (Å²) in [6.45, 7) is 4.66. The van der Waals surface area contributed by atoms with Gasteiger partial charge < -0.3 is 15.0 Å². The van der Waals surface area contributed by atoms with Crippen LogP contribution in [0.3, 0.4) is 0 Å². The first-order valence-corrected chi connectivity index (χ1v) is 8.15. The van der Waals surface area contributed by atoms with Gasteiger partial charge in [-0.05, 0) is 56.8 Å². The molecule has 0 saturated carbocycles. The number of rotatable bonds is 7. The van der Waals surface area contributed by atoms with Crippen molar-refractivity contribution in [2.24, 2.45) is 0 Å². The normalized spacial score (nSPS) is 12.0. The Morgan fingerprint density at radius 2 is 1.79 bits per heavy atom. The Morgan fingerprint density at radius 1 is 1.08 bits per heavy atom. The number of carbonyl (C=O) groups is 1. The van der Waals surface area contributed by atoms with Gasteiger partial charge in [0.25, 0.3) is 5.91 Å². The van der Waals surface area contributed by atoms with Gasteiger partial charge in [0.05, 0.1) is 6.04 Å². The minimum Gasteiger partial charge on any atom is -0.484 e. The number of hydrogen-bond acceptors (Lipinski definition) is 3. The van der Waals surface area contributed by atoms with Crippen molar-refractivity contribution in [3.05, 3.63) is 65.2 Å². The number of likely N-dealkylation sites (N-methyl/N-ethyl adjacent to an activating group) is 1. The predicted molar refractivity (Wildman–Crippen MR) is 97.3 cm³/mol. The van der Waals surface area contributed by atoms with Gasteiger partial charge in [0.1, 0.15) is 5.75 Å². The van der Waals surface area contributed by atoms with Crippen molar-refractivity contribution in [3.63, 3.8) is 0 Å². The molecule has 0 saturated heterocycles. The van der Waals surface area contributed by atoms with Crippen LogP contribution in [-0.2, 0) is 4.79 Å². The van der Waals surface area contributed by atoms with Gasteiger partial charge in [0.2, 0.25) is 0 Å². The monoisotopic (exact) mass is 326 g/mol. The van der Waals surface area contributed by atoms with Crippen LogP contribution >= 0.6 is 0 Å². The summed E-state index contributed by atoms with van der Waals surface area (Å²) < 4.78 is 5.58. The van der Waals surface area contributed by atoms with E-state index in [2.05, 4.69) is 29.3 Å². The maximum atomic E-state index is 12.1. The van der Waals surface area contributed by atoms with Crippen LogP contribution in [0.4, 0.5) is 0 Å². The van der Waals surface area contributed by atoms with Crippen molar-refractivity contribution in [3.8, 4) is 5.75 Å². The molecule has 1 N–H and O–H groups in total. The molecule has 0 aliphatic rings. The Bertz CT molecular complexity index is 669. The average molecular weight is 326 g/mol. The van der Waals surface area contributed by atoms with Crippen LogP contribution in [0.2, 0.25) is 0 Å². The van der Waals surface area contributed by atoms with Crippen molar-refractivity contribution in [1.29, 1.82) is 0 Å². The summed E-state index contributed by atoms with van der Waals surface area (Å²) in [7, 11) is 4.02. The van der Waals surface area contributed by atoms with Gasteiger partial charge in [-0.2, -0.15) is 0 Å². The Balaban J connectivity index is 1.86. The third-order valence-corrected chi connectivity index (χ3v) is 4.15. The van der Waals surface area contributed by atoms with Gasteiger partial charge in [0, 0.05) is 6.54 Å². The zero-order chi connectivity index (χ0) is 17.5. The van der Waals surface area contributed by atoms with Crippen LogP contribution < -0.4 is 10.1 Å². The van der Waals surface area contributed by atoms with Crippen molar-refractivity contribution in [1.82, 2.24) is 10.2 Å². The van der Waals surface area contributed by atoms with E-state index in [1.165, 1.54) is 11.1 Å². The number of hydrogen-bond donors (Lipinski definition) is 1. The number of amides is 1. The number of nitrogens with zero attached hydrogens (tertiary/aromatic N) is 1. The molecule has 2 aromatic rings. The molecule has 0 spiro atoms. The second kappa shape index (κ2) is 8.50. The highest BCUT2D eigenvalue weighted by Crippen LogP contribution is 2.17. The molecule has 24 heavy (non-hydrogen) atoms. The SMILES string of the molecule is Cc1ccc(OCC(=O)NCC(c2ccccc2)N(C)C)cc1C. The lowest BCUT2D eigenvalue weighted by Gasteiger charge is -2.25. The van der Waals surface area contributed by atoms with Gasteiger partial charge in [0.15, 0.2) is 6.61 Å². The van der Waals surface area contributed by atoms with Crippen LogP contribution in [0.1, 0.15) is 22.7 Å². The number of aryl methyl sites for hydroxylation is 2. The van der Waals surface area contributed by atoms with E-state index in [0.717, 1.165) is 11.3 Å². The molecule has 0 radical (unpaired) electrons. The fourth-order valence-corrected chi connectivity index (χ4v) is 2.49. The van der Waals surface area contributed by atoms with E-state index in [-0.39, 0.29) is 18.6 Å². The van der Waals surface area contributed by atoms with Crippen molar-refractivity contribution in [2.45, 2.75) is 19.9 Å². The maximum Gasteiger partial charge on any atom is 0.258 e. The molecule has 4 nitrogen and oxygen atoms in total. The van der Waals surface area contributed by atoms with E-state index < -0.39 is 0 Å². The minimum atomic E-state index is -0.115.